The minimum Gasteiger partial charge on any atom is -0.368 e. The van der Waals surface area contributed by atoms with Crippen LogP contribution in [0.1, 0.15) is 30.1 Å². The van der Waals surface area contributed by atoms with Crippen LogP contribution in [0.4, 0.5) is 5.95 Å². The van der Waals surface area contributed by atoms with Gasteiger partial charge in [0.05, 0.1) is 5.69 Å². The summed E-state index contributed by atoms with van der Waals surface area (Å²) in [5, 5.41) is 3.40. The highest BCUT2D eigenvalue weighted by Gasteiger charge is 2.19. The zero-order chi connectivity index (χ0) is 9.26. The molecular formula is C9H14N4. The summed E-state index contributed by atoms with van der Waals surface area (Å²) in [7, 11) is 0. The van der Waals surface area contributed by atoms with Crippen LogP contribution in [-0.4, -0.2) is 16.5 Å². The summed E-state index contributed by atoms with van der Waals surface area (Å²) in [5.41, 5.74) is 7.72. The molecule has 1 atom stereocenters. The molecule has 2 heterocycles. The van der Waals surface area contributed by atoms with Crippen molar-refractivity contribution in [3.63, 3.8) is 0 Å². The van der Waals surface area contributed by atoms with E-state index in [0.717, 1.165) is 24.2 Å². The van der Waals surface area contributed by atoms with Crippen molar-refractivity contribution in [1.29, 1.82) is 0 Å². The Balaban J connectivity index is 2.32. The van der Waals surface area contributed by atoms with Crippen molar-refractivity contribution in [2.75, 3.05) is 12.3 Å². The van der Waals surface area contributed by atoms with Crippen LogP contribution >= 0.6 is 0 Å². The number of hydrogen-bond donors (Lipinski definition) is 2. The molecule has 1 aliphatic rings. The lowest BCUT2D eigenvalue weighted by Gasteiger charge is -2.11. The summed E-state index contributed by atoms with van der Waals surface area (Å²) < 4.78 is 0. The molecule has 0 saturated carbocycles. The molecule has 0 amide bonds. The molecule has 4 nitrogen and oxygen atoms in total. The van der Waals surface area contributed by atoms with Gasteiger partial charge in [0.15, 0.2) is 0 Å². The lowest BCUT2D eigenvalue weighted by molar-refractivity contribution is 0.622. The highest BCUT2D eigenvalue weighted by atomic mass is 15.0. The normalized spacial score (nSPS) is 22.1. The summed E-state index contributed by atoms with van der Waals surface area (Å²) in [6.07, 6.45) is 4.16. The van der Waals surface area contributed by atoms with Crippen molar-refractivity contribution >= 4 is 5.95 Å². The SMILES string of the molecule is Cc1cnc(N)nc1[C@@H]1CCCN1. The summed E-state index contributed by atoms with van der Waals surface area (Å²) in [6.45, 7) is 3.10. The van der Waals surface area contributed by atoms with E-state index in [4.69, 9.17) is 5.73 Å². The summed E-state index contributed by atoms with van der Waals surface area (Å²) in [5.74, 6) is 0.370. The van der Waals surface area contributed by atoms with Crippen molar-refractivity contribution in [3.8, 4) is 0 Å². The van der Waals surface area contributed by atoms with E-state index in [0.29, 0.717) is 12.0 Å². The first kappa shape index (κ1) is 8.44. The second kappa shape index (κ2) is 3.30. The van der Waals surface area contributed by atoms with Crippen molar-refractivity contribution in [3.05, 3.63) is 17.5 Å². The van der Waals surface area contributed by atoms with Gasteiger partial charge in [0.1, 0.15) is 0 Å². The van der Waals surface area contributed by atoms with Gasteiger partial charge in [0.2, 0.25) is 5.95 Å². The molecule has 1 aliphatic heterocycles. The molecule has 0 radical (unpaired) electrons. The lowest BCUT2D eigenvalue weighted by atomic mass is 10.1. The molecule has 4 heteroatoms. The third-order valence-electron chi connectivity index (χ3n) is 2.42. The topological polar surface area (TPSA) is 63.8 Å². The van der Waals surface area contributed by atoms with Gasteiger partial charge in [-0.3, -0.25) is 0 Å². The molecule has 1 aromatic heterocycles. The summed E-state index contributed by atoms with van der Waals surface area (Å²) in [6, 6.07) is 0.380. The Bertz CT molecular complexity index is 304. The van der Waals surface area contributed by atoms with E-state index in [1.807, 2.05) is 6.92 Å². The molecule has 1 saturated heterocycles. The number of nitrogens with two attached hydrogens (primary N) is 1. The molecule has 1 aromatic rings. The Morgan fingerprint density at radius 1 is 1.62 bits per heavy atom. The quantitative estimate of drug-likeness (QED) is 0.667. The Labute approximate surface area is 77.6 Å². The minimum atomic E-state index is 0.370. The highest BCUT2D eigenvalue weighted by molar-refractivity contribution is 5.26. The number of anilines is 1. The third-order valence-corrected chi connectivity index (χ3v) is 2.42. The molecule has 0 aromatic carbocycles. The number of aryl methyl sites for hydroxylation is 1. The number of aromatic nitrogens is 2. The fourth-order valence-corrected chi connectivity index (χ4v) is 1.74. The molecule has 0 aliphatic carbocycles. The van der Waals surface area contributed by atoms with Gasteiger partial charge in [-0.25, -0.2) is 9.97 Å². The van der Waals surface area contributed by atoms with Crippen LogP contribution in [0, 0.1) is 6.92 Å². The Kier molecular flexibility index (Phi) is 2.14. The maximum atomic E-state index is 5.55. The minimum absolute atomic E-state index is 0.370. The van der Waals surface area contributed by atoms with Crippen molar-refractivity contribution < 1.29 is 0 Å². The molecule has 2 rings (SSSR count). The zero-order valence-electron chi connectivity index (χ0n) is 7.75. The third kappa shape index (κ3) is 1.62. The second-order valence-electron chi connectivity index (χ2n) is 3.45. The molecule has 3 N–H and O–H groups in total. The van der Waals surface area contributed by atoms with Crippen LogP contribution in [0.2, 0.25) is 0 Å². The first-order chi connectivity index (χ1) is 6.27. The number of hydrogen-bond acceptors (Lipinski definition) is 4. The smallest absolute Gasteiger partial charge is 0.220 e. The van der Waals surface area contributed by atoms with E-state index >= 15 is 0 Å². The number of nitrogen functional groups attached to an aromatic ring is 1. The maximum absolute atomic E-state index is 5.55. The highest BCUT2D eigenvalue weighted by Crippen LogP contribution is 2.23. The largest absolute Gasteiger partial charge is 0.368 e. The average Bonchev–Trinajstić information content (AvgIpc) is 2.61. The average molecular weight is 178 g/mol. The van der Waals surface area contributed by atoms with Crippen LogP contribution in [0.15, 0.2) is 6.20 Å². The van der Waals surface area contributed by atoms with Gasteiger partial charge in [0, 0.05) is 12.2 Å². The first-order valence-electron chi connectivity index (χ1n) is 4.60. The number of rotatable bonds is 1. The van der Waals surface area contributed by atoms with Crippen LogP contribution in [0.3, 0.4) is 0 Å². The zero-order valence-corrected chi connectivity index (χ0v) is 7.75. The van der Waals surface area contributed by atoms with Gasteiger partial charge in [-0.1, -0.05) is 0 Å². The molecule has 0 unspecified atom stereocenters. The fourth-order valence-electron chi connectivity index (χ4n) is 1.74. The summed E-state index contributed by atoms with van der Waals surface area (Å²) in [4.78, 5) is 8.21. The lowest BCUT2D eigenvalue weighted by Crippen LogP contribution is -2.16. The number of nitrogens with one attached hydrogen (secondary N) is 1. The molecule has 0 bridgehead atoms. The molecule has 1 fully saturated rings. The number of nitrogens with zero attached hydrogens (tertiary/aromatic N) is 2. The fraction of sp³-hybridized carbons (Fsp3) is 0.556. The van der Waals surface area contributed by atoms with Gasteiger partial charge < -0.3 is 11.1 Å². The van der Waals surface area contributed by atoms with Crippen LogP contribution in [0.5, 0.6) is 0 Å². The van der Waals surface area contributed by atoms with Crippen molar-refractivity contribution in [2.45, 2.75) is 25.8 Å². The van der Waals surface area contributed by atoms with Crippen LogP contribution in [-0.2, 0) is 0 Å². The van der Waals surface area contributed by atoms with E-state index in [1.165, 1.54) is 6.42 Å². The van der Waals surface area contributed by atoms with Crippen molar-refractivity contribution in [1.82, 2.24) is 15.3 Å². The van der Waals surface area contributed by atoms with E-state index in [1.54, 1.807) is 6.20 Å². The molecule has 0 spiro atoms. The summed E-state index contributed by atoms with van der Waals surface area (Å²) >= 11 is 0. The monoisotopic (exact) mass is 178 g/mol. The van der Waals surface area contributed by atoms with Gasteiger partial charge in [-0.2, -0.15) is 0 Å². The Morgan fingerprint density at radius 2 is 2.46 bits per heavy atom. The van der Waals surface area contributed by atoms with E-state index in [-0.39, 0.29) is 0 Å². The van der Waals surface area contributed by atoms with Gasteiger partial charge in [0.25, 0.3) is 0 Å². The standard InChI is InChI=1S/C9H14N4/c1-6-5-12-9(10)13-8(6)7-3-2-4-11-7/h5,7,11H,2-4H2,1H3,(H2,10,12,13)/t7-/m0/s1. The Morgan fingerprint density at radius 3 is 3.15 bits per heavy atom. The van der Waals surface area contributed by atoms with Crippen LogP contribution in [0.25, 0.3) is 0 Å². The predicted octanol–water partition coefficient (Wildman–Crippen LogP) is 0.792. The Hall–Kier alpha value is -1.16. The molecule has 13 heavy (non-hydrogen) atoms. The van der Waals surface area contributed by atoms with E-state index in [9.17, 15) is 0 Å². The van der Waals surface area contributed by atoms with Crippen molar-refractivity contribution in [2.24, 2.45) is 0 Å². The molecule has 70 valence electrons. The van der Waals surface area contributed by atoms with Crippen LogP contribution < -0.4 is 11.1 Å². The predicted molar refractivity (Wildman–Crippen MR) is 51.2 cm³/mol. The van der Waals surface area contributed by atoms with Gasteiger partial charge in [-0.15, -0.1) is 0 Å². The van der Waals surface area contributed by atoms with E-state index in [2.05, 4.69) is 15.3 Å². The van der Waals surface area contributed by atoms with Gasteiger partial charge in [-0.05, 0) is 31.9 Å². The van der Waals surface area contributed by atoms with Gasteiger partial charge >= 0.3 is 0 Å². The second-order valence-corrected chi connectivity index (χ2v) is 3.45. The molecular weight excluding hydrogens is 164 g/mol. The first-order valence-corrected chi connectivity index (χ1v) is 4.60. The maximum Gasteiger partial charge on any atom is 0.220 e. The van der Waals surface area contributed by atoms with E-state index < -0.39 is 0 Å².